The van der Waals surface area contributed by atoms with Gasteiger partial charge in [0.15, 0.2) is 0 Å². The van der Waals surface area contributed by atoms with Crippen LogP contribution in [-0.4, -0.2) is 62.8 Å². The normalized spacial score (nSPS) is 15.4. The van der Waals surface area contributed by atoms with E-state index in [2.05, 4.69) is 5.32 Å². The van der Waals surface area contributed by atoms with Gasteiger partial charge in [0, 0.05) is 38.3 Å². The van der Waals surface area contributed by atoms with Crippen LogP contribution < -0.4 is 5.32 Å². The molecule has 0 spiro atoms. The van der Waals surface area contributed by atoms with E-state index in [4.69, 9.17) is 0 Å². The van der Waals surface area contributed by atoms with E-state index in [-0.39, 0.29) is 23.2 Å². The van der Waals surface area contributed by atoms with E-state index in [0.29, 0.717) is 25.2 Å². The second-order valence-electron chi connectivity index (χ2n) is 6.32. The highest BCUT2D eigenvalue weighted by Gasteiger charge is 2.24. The van der Waals surface area contributed by atoms with Crippen molar-refractivity contribution in [1.82, 2.24) is 14.5 Å². The highest BCUT2D eigenvalue weighted by molar-refractivity contribution is 7.89. The van der Waals surface area contributed by atoms with Gasteiger partial charge in [-0.05, 0) is 50.1 Å². The van der Waals surface area contributed by atoms with Gasteiger partial charge in [-0.3, -0.25) is 4.79 Å². The smallest absolute Gasteiger partial charge is 0.253 e. The molecule has 0 radical (unpaired) electrons. The number of carbonyl (C=O) groups excluding carboxylic acids is 1. The van der Waals surface area contributed by atoms with Gasteiger partial charge < -0.3 is 10.2 Å². The number of rotatable bonds is 7. The summed E-state index contributed by atoms with van der Waals surface area (Å²) in [5.74, 6) is -0.0355. The second-order valence-corrected chi connectivity index (χ2v) is 8.26. The molecule has 0 unspecified atom stereocenters. The van der Waals surface area contributed by atoms with E-state index >= 15 is 0 Å². The first kappa shape index (κ1) is 22.9. The summed E-state index contributed by atoms with van der Waals surface area (Å²) in [6, 6.07) is 6.36. The third-order valence-corrected chi connectivity index (χ3v) is 6.23. The molecule has 26 heavy (non-hydrogen) atoms. The molecule has 1 heterocycles. The van der Waals surface area contributed by atoms with Crippen molar-refractivity contribution in [3.05, 3.63) is 29.8 Å². The zero-order chi connectivity index (χ0) is 18.3. The van der Waals surface area contributed by atoms with Crippen LogP contribution in [0.15, 0.2) is 29.2 Å². The highest BCUT2D eigenvalue weighted by atomic mass is 35.5. The van der Waals surface area contributed by atoms with Gasteiger partial charge in [0.25, 0.3) is 5.91 Å². The maximum absolute atomic E-state index is 12.8. The van der Waals surface area contributed by atoms with Crippen molar-refractivity contribution in [2.75, 3.05) is 39.3 Å². The Labute approximate surface area is 163 Å². The number of carbonyl (C=O) groups is 1. The summed E-state index contributed by atoms with van der Waals surface area (Å²) in [5.41, 5.74) is 0.540. The van der Waals surface area contributed by atoms with Crippen molar-refractivity contribution < 1.29 is 13.2 Å². The van der Waals surface area contributed by atoms with Gasteiger partial charge in [0.1, 0.15) is 0 Å². The Kier molecular flexibility index (Phi) is 9.57. The van der Waals surface area contributed by atoms with Crippen LogP contribution in [0.1, 0.15) is 43.5 Å². The minimum atomic E-state index is -3.50. The lowest BCUT2D eigenvalue weighted by Crippen LogP contribution is -2.34. The van der Waals surface area contributed by atoms with Crippen molar-refractivity contribution in [2.24, 2.45) is 0 Å². The van der Waals surface area contributed by atoms with Crippen molar-refractivity contribution in [3.63, 3.8) is 0 Å². The van der Waals surface area contributed by atoms with Crippen molar-refractivity contribution in [2.45, 2.75) is 38.0 Å². The maximum Gasteiger partial charge on any atom is 0.253 e. The average molecular weight is 404 g/mol. The SMILES string of the molecule is CCCN(CCC)S(=O)(=O)c1ccc(C(=O)N2CCCNCC2)cc1.Cl. The quantitative estimate of drug-likeness (QED) is 0.758. The summed E-state index contributed by atoms with van der Waals surface area (Å²) in [6.07, 6.45) is 2.48. The minimum Gasteiger partial charge on any atom is -0.337 e. The Hall–Kier alpha value is -1.15. The van der Waals surface area contributed by atoms with Crippen LogP contribution >= 0.6 is 12.4 Å². The van der Waals surface area contributed by atoms with Crippen LogP contribution in [0.2, 0.25) is 0 Å². The van der Waals surface area contributed by atoms with E-state index < -0.39 is 10.0 Å². The number of nitrogens with zero attached hydrogens (tertiary/aromatic N) is 2. The van der Waals surface area contributed by atoms with Gasteiger partial charge in [0.2, 0.25) is 10.0 Å². The maximum atomic E-state index is 12.8. The zero-order valence-corrected chi connectivity index (χ0v) is 17.2. The second kappa shape index (κ2) is 10.9. The van der Waals surface area contributed by atoms with E-state index in [1.165, 1.54) is 4.31 Å². The van der Waals surface area contributed by atoms with Crippen LogP contribution in [-0.2, 0) is 10.0 Å². The van der Waals surface area contributed by atoms with Gasteiger partial charge in [-0.25, -0.2) is 8.42 Å². The minimum absolute atomic E-state index is 0. The molecule has 1 aromatic rings. The van der Waals surface area contributed by atoms with Gasteiger partial charge in [-0.1, -0.05) is 13.8 Å². The number of benzene rings is 1. The number of hydrogen-bond acceptors (Lipinski definition) is 4. The first-order valence-electron chi connectivity index (χ1n) is 9.11. The van der Waals surface area contributed by atoms with Crippen LogP contribution in [0.25, 0.3) is 0 Å². The Morgan fingerprint density at radius 3 is 2.27 bits per heavy atom. The van der Waals surface area contributed by atoms with Gasteiger partial charge in [-0.15, -0.1) is 12.4 Å². The number of hydrogen-bond donors (Lipinski definition) is 1. The molecule has 8 heteroatoms. The fourth-order valence-corrected chi connectivity index (χ4v) is 4.62. The van der Waals surface area contributed by atoms with E-state index in [0.717, 1.165) is 38.9 Å². The predicted molar refractivity (Wildman–Crippen MR) is 106 cm³/mol. The van der Waals surface area contributed by atoms with Crippen molar-refractivity contribution in [1.29, 1.82) is 0 Å². The van der Waals surface area contributed by atoms with E-state index in [1.54, 1.807) is 24.3 Å². The molecule has 1 amide bonds. The molecule has 1 aliphatic rings. The molecule has 1 aliphatic heterocycles. The Bertz CT molecular complexity index is 651. The fourth-order valence-electron chi connectivity index (χ4n) is 3.00. The predicted octanol–water partition coefficient (Wildman–Crippen LogP) is 2.35. The summed E-state index contributed by atoms with van der Waals surface area (Å²) < 4.78 is 27.0. The molecule has 0 aliphatic carbocycles. The van der Waals surface area contributed by atoms with Gasteiger partial charge in [0.05, 0.1) is 4.90 Å². The summed E-state index contributed by atoms with van der Waals surface area (Å²) in [6.45, 7) is 8.08. The number of nitrogens with one attached hydrogen (secondary N) is 1. The molecular weight excluding hydrogens is 374 g/mol. The third kappa shape index (κ3) is 5.67. The molecule has 1 aromatic carbocycles. The summed E-state index contributed by atoms with van der Waals surface area (Å²) >= 11 is 0. The summed E-state index contributed by atoms with van der Waals surface area (Å²) in [4.78, 5) is 14.7. The van der Waals surface area contributed by atoms with Crippen LogP contribution in [0.4, 0.5) is 0 Å². The van der Waals surface area contributed by atoms with E-state index in [1.807, 2.05) is 18.7 Å². The molecule has 1 fully saturated rings. The fraction of sp³-hybridized carbons (Fsp3) is 0.611. The Morgan fingerprint density at radius 2 is 1.69 bits per heavy atom. The average Bonchev–Trinajstić information content (AvgIpc) is 2.90. The van der Waals surface area contributed by atoms with Crippen molar-refractivity contribution >= 4 is 28.3 Å². The molecule has 1 N–H and O–H groups in total. The largest absolute Gasteiger partial charge is 0.337 e. The zero-order valence-electron chi connectivity index (χ0n) is 15.6. The van der Waals surface area contributed by atoms with Gasteiger partial charge in [-0.2, -0.15) is 4.31 Å². The number of sulfonamides is 1. The topological polar surface area (TPSA) is 69.7 Å². The first-order chi connectivity index (χ1) is 12.0. The number of halogens is 1. The Morgan fingerprint density at radius 1 is 1.08 bits per heavy atom. The van der Waals surface area contributed by atoms with Crippen LogP contribution in [0, 0.1) is 0 Å². The van der Waals surface area contributed by atoms with Crippen LogP contribution in [0.5, 0.6) is 0 Å². The molecule has 0 aromatic heterocycles. The summed E-state index contributed by atoms with van der Waals surface area (Å²) in [7, 11) is -3.50. The molecular formula is C18H30ClN3O3S. The lowest BCUT2D eigenvalue weighted by atomic mass is 10.2. The monoisotopic (exact) mass is 403 g/mol. The third-order valence-electron chi connectivity index (χ3n) is 4.31. The lowest BCUT2D eigenvalue weighted by Gasteiger charge is -2.22. The van der Waals surface area contributed by atoms with E-state index in [9.17, 15) is 13.2 Å². The molecule has 6 nitrogen and oxygen atoms in total. The molecule has 2 rings (SSSR count). The lowest BCUT2D eigenvalue weighted by molar-refractivity contribution is 0.0766. The highest BCUT2D eigenvalue weighted by Crippen LogP contribution is 2.18. The summed E-state index contributed by atoms with van der Waals surface area (Å²) in [5, 5.41) is 3.27. The van der Waals surface area contributed by atoms with Gasteiger partial charge >= 0.3 is 0 Å². The van der Waals surface area contributed by atoms with Crippen LogP contribution in [0.3, 0.4) is 0 Å². The molecule has 1 saturated heterocycles. The molecule has 0 bridgehead atoms. The standard InChI is InChI=1S/C18H29N3O3S.ClH/c1-3-12-21(13-4-2)25(23,24)17-8-6-16(7-9-17)18(22)20-14-5-10-19-11-15-20;/h6-9,19H,3-5,10-15H2,1-2H3;1H. The molecule has 148 valence electrons. The molecule has 0 saturated carbocycles. The number of amides is 1. The Balaban J connectivity index is 0.00000338. The first-order valence-corrected chi connectivity index (χ1v) is 10.5. The van der Waals surface area contributed by atoms with Crippen molar-refractivity contribution in [3.8, 4) is 0 Å². The molecule has 0 atom stereocenters.